The third kappa shape index (κ3) is 9.17. The van der Waals surface area contributed by atoms with E-state index in [4.69, 9.17) is 14.2 Å². The van der Waals surface area contributed by atoms with Crippen molar-refractivity contribution in [3.05, 3.63) is 63.2 Å². The number of nitrogens with zero attached hydrogens (tertiary/aromatic N) is 1. The summed E-state index contributed by atoms with van der Waals surface area (Å²) in [7, 11) is 3.13. The lowest BCUT2D eigenvalue weighted by Crippen LogP contribution is -2.55. The number of Topliss-reactive ketones (excluding diaryl/α,β-unsaturated/α-hetero) is 1. The molecule has 11 heteroatoms. The van der Waals surface area contributed by atoms with Crippen LogP contribution in [-0.4, -0.2) is 84.9 Å². The molecule has 0 fully saturated rings. The first-order chi connectivity index (χ1) is 20.2. The number of methoxy groups -OCH3 is 2. The molecule has 0 radical (unpaired) electrons. The summed E-state index contributed by atoms with van der Waals surface area (Å²) in [5.74, 6) is 1.15. The van der Waals surface area contributed by atoms with E-state index in [1.165, 1.54) is 6.92 Å². The lowest BCUT2D eigenvalue weighted by Gasteiger charge is -2.40. The number of carbonyl (C=O) groups excluding carboxylic acids is 3. The minimum absolute atomic E-state index is 0.00938. The topological polar surface area (TPSA) is 135 Å². The minimum atomic E-state index is -1.15. The number of ether oxygens (including phenoxy) is 3. The van der Waals surface area contributed by atoms with Crippen LogP contribution in [0.3, 0.4) is 0 Å². The highest BCUT2D eigenvalue weighted by atomic mass is 127. The van der Waals surface area contributed by atoms with Crippen LogP contribution >= 0.6 is 22.6 Å². The number of hydrogen-bond acceptors (Lipinski definition) is 8. The highest BCUT2D eigenvalue weighted by molar-refractivity contribution is 14.1. The van der Waals surface area contributed by atoms with Gasteiger partial charge in [0.25, 0.3) is 0 Å². The zero-order valence-electron chi connectivity index (χ0n) is 24.2. The van der Waals surface area contributed by atoms with E-state index < -0.39 is 24.2 Å². The van der Waals surface area contributed by atoms with Crippen LogP contribution < -0.4 is 19.5 Å². The fourth-order valence-corrected chi connectivity index (χ4v) is 5.41. The third-order valence-corrected chi connectivity index (χ3v) is 7.96. The summed E-state index contributed by atoms with van der Waals surface area (Å²) >= 11 is 2.13. The van der Waals surface area contributed by atoms with Crippen molar-refractivity contribution < 1.29 is 38.8 Å². The number of hydrogen-bond donors (Lipinski definition) is 3. The maximum Gasteiger partial charge on any atom is 0.247 e. The molecule has 0 spiro atoms. The Morgan fingerprint density at radius 1 is 1.07 bits per heavy atom. The van der Waals surface area contributed by atoms with Gasteiger partial charge in [0.05, 0.1) is 30.4 Å². The van der Waals surface area contributed by atoms with E-state index in [0.717, 1.165) is 9.13 Å². The predicted octanol–water partition coefficient (Wildman–Crippen LogP) is 3.05. The van der Waals surface area contributed by atoms with Crippen molar-refractivity contribution in [1.82, 2.24) is 10.2 Å². The lowest BCUT2D eigenvalue weighted by molar-refractivity contribution is -0.138. The van der Waals surface area contributed by atoms with Crippen molar-refractivity contribution >= 4 is 40.2 Å². The molecule has 228 valence electrons. The number of amides is 2. The van der Waals surface area contributed by atoms with Gasteiger partial charge < -0.3 is 39.4 Å². The molecule has 2 aromatic carbocycles. The van der Waals surface area contributed by atoms with Gasteiger partial charge in [-0.2, -0.15) is 0 Å². The number of aliphatic hydroxyl groups excluding tert-OH is 2. The van der Waals surface area contributed by atoms with Gasteiger partial charge in [0.2, 0.25) is 11.8 Å². The molecule has 0 saturated heterocycles. The molecule has 0 bridgehead atoms. The summed E-state index contributed by atoms with van der Waals surface area (Å²) in [5, 5.41) is 23.5. The summed E-state index contributed by atoms with van der Waals surface area (Å²) < 4.78 is 17.9. The number of halogens is 1. The molecule has 0 aromatic heterocycles. The van der Waals surface area contributed by atoms with E-state index in [2.05, 4.69) is 27.9 Å². The van der Waals surface area contributed by atoms with Crippen LogP contribution in [-0.2, 0) is 20.8 Å². The fourth-order valence-electron chi connectivity index (χ4n) is 4.89. The van der Waals surface area contributed by atoms with Gasteiger partial charge >= 0.3 is 0 Å². The first-order valence-corrected chi connectivity index (χ1v) is 14.9. The summed E-state index contributed by atoms with van der Waals surface area (Å²) in [6.45, 7) is 1.54. The number of para-hydroxylation sites is 1. The Morgan fingerprint density at radius 2 is 1.83 bits per heavy atom. The molecular formula is C31H39IN2O8. The van der Waals surface area contributed by atoms with Crippen molar-refractivity contribution in [2.75, 3.05) is 33.9 Å². The van der Waals surface area contributed by atoms with Crippen LogP contribution in [0, 0.1) is 3.57 Å². The molecule has 0 heterocycles. The minimum Gasteiger partial charge on any atom is -0.497 e. The lowest BCUT2D eigenvalue weighted by atomic mass is 9.87. The molecule has 1 aliphatic carbocycles. The molecule has 2 aromatic rings. The second-order valence-electron chi connectivity index (χ2n) is 10.0. The second kappa shape index (κ2) is 16.5. The van der Waals surface area contributed by atoms with Gasteiger partial charge in [-0.15, -0.1) is 0 Å². The van der Waals surface area contributed by atoms with Crippen molar-refractivity contribution in [2.24, 2.45) is 0 Å². The van der Waals surface area contributed by atoms with Gasteiger partial charge in [-0.25, -0.2) is 0 Å². The molecule has 2 amide bonds. The average Bonchev–Trinajstić information content (AvgIpc) is 2.98. The standard InChI is InChI=1S/C31H39IN2O8/c1-20(36)7-6-10-29(37)34(15-13-21-17-23(40-2)11-12-26(21)41-3)25-18-22(31(39)33-14-16-35)19-28(30(25)38)42-27-9-5-4-8-24(27)32/h4-5,8-9,11-12,17,19,25,28,30,35,38H,6-7,10,13-16,18H2,1-3H3,(H,33,39)/t25-,28+,30+/m1/s1. The van der Waals surface area contributed by atoms with Crippen LogP contribution in [0.4, 0.5) is 0 Å². The fraction of sp³-hybridized carbons (Fsp3) is 0.452. The third-order valence-electron chi connectivity index (χ3n) is 7.06. The second-order valence-corrected chi connectivity index (χ2v) is 11.2. The highest BCUT2D eigenvalue weighted by Crippen LogP contribution is 2.31. The van der Waals surface area contributed by atoms with E-state index in [9.17, 15) is 24.6 Å². The number of rotatable bonds is 15. The van der Waals surface area contributed by atoms with Crippen LogP contribution in [0.5, 0.6) is 17.2 Å². The van der Waals surface area contributed by atoms with E-state index in [1.807, 2.05) is 24.3 Å². The molecule has 0 saturated carbocycles. The van der Waals surface area contributed by atoms with Crippen molar-refractivity contribution in [3.63, 3.8) is 0 Å². The number of aliphatic hydroxyl groups is 2. The number of nitrogens with one attached hydrogen (secondary N) is 1. The Balaban J connectivity index is 1.96. The maximum atomic E-state index is 13.7. The Bertz CT molecular complexity index is 1270. The van der Waals surface area contributed by atoms with Crippen molar-refractivity contribution in [2.45, 2.75) is 57.3 Å². The van der Waals surface area contributed by atoms with E-state index in [0.29, 0.717) is 35.7 Å². The molecule has 1 aliphatic rings. The summed E-state index contributed by atoms with van der Waals surface area (Å²) in [6, 6.07) is 11.9. The van der Waals surface area contributed by atoms with Crippen LogP contribution in [0.15, 0.2) is 54.1 Å². The Hall–Kier alpha value is -3.16. The van der Waals surface area contributed by atoms with Gasteiger partial charge in [0.1, 0.15) is 35.2 Å². The SMILES string of the molecule is COc1ccc(OC)c(CCN(C(=O)CCCC(C)=O)[C@@H]2CC(C(=O)NCCO)=C[C@H](Oc3ccccc3I)[C@H]2O)c1. The van der Waals surface area contributed by atoms with Gasteiger partial charge in [-0.3, -0.25) is 9.59 Å². The van der Waals surface area contributed by atoms with Crippen LogP contribution in [0.1, 0.15) is 38.2 Å². The predicted molar refractivity (Wildman–Crippen MR) is 166 cm³/mol. The first-order valence-electron chi connectivity index (χ1n) is 13.9. The molecule has 42 heavy (non-hydrogen) atoms. The van der Waals surface area contributed by atoms with E-state index in [-0.39, 0.29) is 50.6 Å². The monoisotopic (exact) mass is 694 g/mol. The maximum absolute atomic E-state index is 13.7. The highest BCUT2D eigenvalue weighted by Gasteiger charge is 2.40. The molecular weight excluding hydrogens is 655 g/mol. The van der Waals surface area contributed by atoms with Gasteiger partial charge in [0, 0.05) is 37.9 Å². The van der Waals surface area contributed by atoms with Gasteiger partial charge in [-0.1, -0.05) is 12.1 Å². The summed E-state index contributed by atoms with van der Waals surface area (Å²) in [5.41, 5.74) is 1.15. The van der Waals surface area contributed by atoms with Gasteiger partial charge in [-0.05, 0) is 84.3 Å². The molecule has 3 rings (SSSR count). The zero-order chi connectivity index (χ0) is 30.6. The number of benzene rings is 2. The first kappa shape index (κ1) is 33.3. The summed E-state index contributed by atoms with van der Waals surface area (Å²) in [4.78, 5) is 39.9. The van der Waals surface area contributed by atoms with Crippen LogP contribution in [0.2, 0.25) is 0 Å². The summed E-state index contributed by atoms with van der Waals surface area (Å²) in [6.07, 6.45) is 0.725. The van der Waals surface area contributed by atoms with E-state index in [1.54, 1.807) is 43.4 Å². The quantitative estimate of drug-likeness (QED) is 0.243. The Labute approximate surface area is 260 Å². The number of carbonyl (C=O) groups is 3. The Morgan fingerprint density at radius 3 is 2.50 bits per heavy atom. The zero-order valence-corrected chi connectivity index (χ0v) is 26.3. The molecule has 0 aliphatic heterocycles. The van der Waals surface area contributed by atoms with E-state index >= 15 is 0 Å². The van der Waals surface area contributed by atoms with Crippen LogP contribution in [0.25, 0.3) is 0 Å². The molecule has 3 atom stereocenters. The molecule has 0 unspecified atom stereocenters. The van der Waals surface area contributed by atoms with Crippen molar-refractivity contribution in [3.8, 4) is 17.2 Å². The average molecular weight is 695 g/mol. The normalized spacial score (nSPS) is 18.0. The molecule has 3 N–H and O–H groups in total. The van der Waals surface area contributed by atoms with Gasteiger partial charge in [0.15, 0.2) is 0 Å². The molecule has 10 nitrogen and oxygen atoms in total. The Kier molecular flexibility index (Phi) is 13.1. The number of ketones is 1. The largest absolute Gasteiger partial charge is 0.497 e. The smallest absolute Gasteiger partial charge is 0.247 e. The van der Waals surface area contributed by atoms with Crippen molar-refractivity contribution in [1.29, 1.82) is 0 Å².